The Balaban J connectivity index is 0.758. The van der Waals surface area contributed by atoms with E-state index in [0.717, 1.165) is 57.3 Å². The third-order valence-corrected chi connectivity index (χ3v) is 14.8. The smallest absolute Gasteiger partial charge is 0.305 e. The van der Waals surface area contributed by atoms with Gasteiger partial charge in [0.25, 0.3) is 0 Å². The molecule has 8 aromatic rings. The van der Waals surface area contributed by atoms with Crippen LogP contribution in [0.15, 0.2) is 218 Å². The lowest BCUT2D eigenvalue weighted by molar-refractivity contribution is -0.142. The Bertz CT molecular complexity index is 2940. The van der Waals surface area contributed by atoms with Gasteiger partial charge in [-0.3, -0.25) is 29.0 Å². The van der Waals surface area contributed by atoms with Crippen LogP contribution in [0.2, 0.25) is 0 Å². The summed E-state index contributed by atoms with van der Waals surface area (Å²) in [5.74, 6) is -0.144. The van der Waals surface area contributed by atoms with Crippen molar-refractivity contribution in [1.82, 2.24) is 20.4 Å². The van der Waals surface area contributed by atoms with E-state index < -0.39 is 36.9 Å². The third kappa shape index (κ3) is 24.3. The van der Waals surface area contributed by atoms with Gasteiger partial charge in [-0.2, -0.15) is 0 Å². The first-order chi connectivity index (χ1) is 44.1. The zero-order valence-electron chi connectivity index (χ0n) is 51.0. The number of hydrogen-bond acceptors (Lipinski definition) is 12. The lowest BCUT2D eigenvalue weighted by atomic mass is 10.1. The molecule has 16 nitrogen and oxygen atoms in total. The van der Waals surface area contributed by atoms with Gasteiger partial charge in [0.05, 0.1) is 12.8 Å². The van der Waals surface area contributed by atoms with Crippen molar-refractivity contribution in [3.8, 4) is 23.0 Å². The lowest BCUT2D eigenvalue weighted by Gasteiger charge is -2.30. The van der Waals surface area contributed by atoms with Crippen molar-refractivity contribution in [2.24, 2.45) is 0 Å². The number of rotatable bonds is 41. The van der Waals surface area contributed by atoms with Crippen LogP contribution < -0.4 is 29.6 Å². The van der Waals surface area contributed by atoms with E-state index in [9.17, 15) is 29.4 Å². The standard InChI is InChI=1S/C74H82N4O12/c79-71(80)47-69(77(49-57-25-33-65(34-26-57)87-53-61-17-5-1-6-18-61)50-58-27-35-66(36-28-58)88-54-62-19-7-2-8-20-62)73(83)75-41-15-45-85-43-13-14-44-86-46-16-42-76-74(84)70(48-72(81)82)78(51-59-29-37-67(38-30-59)89-55-63-21-9-3-10-22-63)52-60-31-39-68(40-32-60)90-56-64-23-11-4-12-24-64/h1-12,17-40,69-70H,13-16,41-56H2,(H,75,83)(H,76,84)(H,79,80)(H,81,82)/t69-,70+. The zero-order valence-corrected chi connectivity index (χ0v) is 51.0. The van der Waals surface area contributed by atoms with E-state index in [1.807, 2.05) is 228 Å². The Labute approximate surface area is 528 Å². The summed E-state index contributed by atoms with van der Waals surface area (Å²) in [7, 11) is 0. The fourth-order valence-corrected chi connectivity index (χ4v) is 9.94. The summed E-state index contributed by atoms with van der Waals surface area (Å²) in [6.07, 6.45) is 1.77. The van der Waals surface area contributed by atoms with Crippen molar-refractivity contribution < 1.29 is 57.8 Å². The Morgan fingerprint density at radius 1 is 0.322 bits per heavy atom. The van der Waals surface area contributed by atoms with E-state index in [1.54, 1.807) is 0 Å². The summed E-state index contributed by atoms with van der Waals surface area (Å²) in [5.41, 5.74) is 7.76. The van der Waals surface area contributed by atoms with Crippen LogP contribution >= 0.6 is 0 Å². The summed E-state index contributed by atoms with van der Waals surface area (Å²) in [5, 5.41) is 26.1. The molecule has 470 valence electrons. The lowest BCUT2D eigenvalue weighted by Crippen LogP contribution is -2.47. The first-order valence-electron chi connectivity index (χ1n) is 30.7. The van der Waals surface area contributed by atoms with E-state index in [0.29, 0.717) is 128 Å². The highest BCUT2D eigenvalue weighted by Crippen LogP contribution is 2.24. The Hall–Kier alpha value is -9.32. The maximum Gasteiger partial charge on any atom is 0.305 e. The number of unbranched alkanes of at least 4 members (excludes halogenated alkanes) is 1. The van der Waals surface area contributed by atoms with Crippen molar-refractivity contribution in [1.29, 1.82) is 0 Å². The highest BCUT2D eigenvalue weighted by atomic mass is 16.5. The van der Waals surface area contributed by atoms with Crippen LogP contribution in [0.1, 0.15) is 83.0 Å². The minimum Gasteiger partial charge on any atom is -0.489 e. The van der Waals surface area contributed by atoms with Crippen molar-refractivity contribution in [3.63, 3.8) is 0 Å². The number of nitrogens with zero attached hydrogens (tertiary/aromatic N) is 2. The van der Waals surface area contributed by atoms with Crippen LogP contribution in [-0.2, 0) is 81.3 Å². The summed E-state index contributed by atoms with van der Waals surface area (Å²) in [4.78, 5) is 56.4. The van der Waals surface area contributed by atoms with Crippen LogP contribution in [0.3, 0.4) is 0 Å². The normalized spacial score (nSPS) is 11.8. The summed E-state index contributed by atoms with van der Waals surface area (Å²) >= 11 is 0. The molecule has 0 unspecified atom stereocenters. The number of carboxylic acids is 2. The van der Waals surface area contributed by atoms with Gasteiger partial charge in [0.15, 0.2) is 0 Å². The minimum atomic E-state index is -1.08. The van der Waals surface area contributed by atoms with Crippen molar-refractivity contribution in [3.05, 3.63) is 263 Å². The van der Waals surface area contributed by atoms with Crippen molar-refractivity contribution in [2.75, 3.05) is 39.5 Å². The molecule has 8 rings (SSSR count). The van der Waals surface area contributed by atoms with Gasteiger partial charge in [-0.25, -0.2) is 0 Å². The summed E-state index contributed by atoms with van der Waals surface area (Å²) < 4.78 is 35.9. The molecule has 0 saturated heterocycles. The average molecular weight is 1220 g/mol. The van der Waals surface area contributed by atoms with Crippen LogP contribution in [0, 0.1) is 0 Å². The molecule has 0 aliphatic carbocycles. The van der Waals surface area contributed by atoms with Gasteiger partial charge in [-0.1, -0.05) is 170 Å². The number of aliphatic carboxylic acids is 2. The first kappa shape index (κ1) is 66.6. The van der Waals surface area contributed by atoms with E-state index in [4.69, 9.17) is 28.4 Å². The van der Waals surface area contributed by atoms with Gasteiger partial charge < -0.3 is 49.3 Å². The van der Waals surface area contributed by atoms with E-state index in [-0.39, 0.29) is 11.8 Å². The van der Waals surface area contributed by atoms with Gasteiger partial charge in [0, 0.05) is 65.7 Å². The number of ether oxygens (including phenoxy) is 6. The highest BCUT2D eigenvalue weighted by molar-refractivity contribution is 5.86. The zero-order chi connectivity index (χ0) is 62.8. The first-order valence-corrected chi connectivity index (χ1v) is 30.7. The number of hydrogen-bond donors (Lipinski definition) is 4. The fraction of sp³-hybridized carbons (Fsp3) is 0.297. The van der Waals surface area contributed by atoms with Gasteiger partial charge in [-0.05, 0) is 119 Å². The van der Waals surface area contributed by atoms with E-state index in [2.05, 4.69) is 10.6 Å². The summed E-state index contributed by atoms with van der Waals surface area (Å²) in [6.45, 7) is 5.32. The number of nitrogens with one attached hydrogen (secondary N) is 2. The fourth-order valence-electron chi connectivity index (χ4n) is 9.94. The van der Waals surface area contributed by atoms with E-state index in [1.165, 1.54) is 0 Å². The number of carbonyl (C=O) groups excluding carboxylic acids is 2. The average Bonchev–Trinajstić information content (AvgIpc) is 2.15. The number of carboxylic acid groups (broad SMARTS) is 2. The molecule has 16 heteroatoms. The molecule has 0 radical (unpaired) electrons. The van der Waals surface area contributed by atoms with Crippen LogP contribution in [-0.4, -0.2) is 95.4 Å². The monoisotopic (exact) mass is 1220 g/mol. The SMILES string of the molecule is O=C(O)C[C@H](C(=O)NCCCOCCCCOCCCNC(=O)[C@H](CC(=O)O)N(Cc1ccc(OCc2ccccc2)cc1)Cc1ccc(OCc2ccccc2)cc1)N(Cc1ccc(OCc2ccccc2)cc1)Cc1ccc(OCc2ccccc2)cc1. The molecule has 2 atom stereocenters. The molecule has 0 aliphatic rings. The Morgan fingerprint density at radius 2 is 0.567 bits per heavy atom. The van der Waals surface area contributed by atoms with Gasteiger partial charge >= 0.3 is 11.9 Å². The number of amides is 2. The highest BCUT2D eigenvalue weighted by Gasteiger charge is 2.30. The number of benzene rings is 8. The molecule has 0 aromatic heterocycles. The maximum atomic E-state index is 14.0. The Kier molecular flexibility index (Phi) is 27.8. The molecule has 0 bridgehead atoms. The second-order valence-electron chi connectivity index (χ2n) is 21.9. The predicted molar refractivity (Wildman–Crippen MR) is 346 cm³/mol. The largest absolute Gasteiger partial charge is 0.489 e. The van der Waals surface area contributed by atoms with Crippen LogP contribution in [0.25, 0.3) is 0 Å². The summed E-state index contributed by atoms with van der Waals surface area (Å²) in [6, 6.07) is 68.2. The van der Waals surface area contributed by atoms with Gasteiger partial charge in [0.1, 0.15) is 61.5 Å². The topological polar surface area (TPSA) is 195 Å². The third-order valence-electron chi connectivity index (χ3n) is 14.8. The molecule has 0 aliphatic heterocycles. The molecular formula is C74H82N4O12. The minimum absolute atomic E-state index is 0.303. The Morgan fingerprint density at radius 3 is 0.811 bits per heavy atom. The van der Waals surface area contributed by atoms with E-state index >= 15 is 0 Å². The molecule has 4 N–H and O–H groups in total. The van der Waals surface area contributed by atoms with Crippen LogP contribution in [0.5, 0.6) is 23.0 Å². The van der Waals surface area contributed by atoms with Crippen molar-refractivity contribution >= 4 is 23.8 Å². The molecule has 0 heterocycles. The second-order valence-corrected chi connectivity index (χ2v) is 21.9. The van der Waals surface area contributed by atoms with Gasteiger partial charge in [-0.15, -0.1) is 0 Å². The quantitative estimate of drug-likeness (QED) is 0.0264. The molecular weight excluding hydrogens is 1140 g/mol. The predicted octanol–water partition coefficient (Wildman–Crippen LogP) is 12.2. The molecule has 8 aromatic carbocycles. The molecule has 0 fully saturated rings. The molecule has 90 heavy (non-hydrogen) atoms. The van der Waals surface area contributed by atoms with Gasteiger partial charge in [0.2, 0.25) is 11.8 Å². The molecule has 0 saturated carbocycles. The van der Waals surface area contributed by atoms with Crippen molar-refractivity contribution in [2.45, 2.75) is 103 Å². The van der Waals surface area contributed by atoms with Crippen LogP contribution in [0.4, 0.5) is 0 Å². The second kappa shape index (κ2) is 37.5. The maximum absolute atomic E-state index is 14.0. The molecule has 2 amide bonds. The number of carbonyl (C=O) groups is 4. The molecule has 0 spiro atoms.